The van der Waals surface area contributed by atoms with Crippen LogP contribution in [0, 0.1) is 11.6 Å². The van der Waals surface area contributed by atoms with Gasteiger partial charge in [-0.1, -0.05) is 24.3 Å². The molecule has 3 aromatic carbocycles. The fraction of sp³-hybridized carbons (Fsp3) is 0.312. The van der Waals surface area contributed by atoms with Crippen molar-refractivity contribution < 1.29 is 13.5 Å². The van der Waals surface area contributed by atoms with Crippen LogP contribution in [0.5, 0.6) is 5.75 Å². The van der Waals surface area contributed by atoms with E-state index in [4.69, 9.17) is 4.74 Å². The fourth-order valence-electron chi connectivity index (χ4n) is 6.34. The van der Waals surface area contributed by atoms with Crippen molar-refractivity contribution in [3.05, 3.63) is 114 Å². The second kappa shape index (κ2) is 10.3. The van der Waals surface area contributed by atoms with Gasteiger partial charge in [-0.25, -0.2) is 8.78 Å². The third kappa shape index (κ3) is 4.69. The number of hydrogen-bond acceptors (Lipinski definition) is 3. The number of likely N-dealkylation sites (tertiary alicyclic amines) is 1. The highest BCUT2D eigenvalue weighted by Gasteiger charge is 2.42. The van der Waals surface area contributed by atoms with Crippen LogP contribution < -0.4 is 10.1 Å². The van der Waals surface area contributed by atoms with Gasteiger partial charge in [0, 0.05) is 30.4 Å². The molecule has 2 aliphatic rings. The van der Waals surface area contributed by atoms with Crippen molar-refractivity contribution in [3.8, 4) is 11.4 Å². The SMILES string of the molecule is COc1ccc2c(c1)N[C@@]1(CCCN(CCCC(c3ccc(F)cc3)c3ccc(F)cc3)C1)c1cccn1-2. The van der Waals surface area contributed by atoms with Crippen molar-refractivity contribution in [2.45, 2.75) is 37.1 Å². The van der Waals surface area contributed by atoms with E-state index in [9.17, 15) is 8.78 Å². The number of hydrogen-bond donors (Lipinski definition) is 1. The van der Waals surface area contributed by atoms with Crippen LogP contribution in [0.2, 0.25) is 0 Å². The maximum atomic E-state index is 13.6. The number of methoxy groups -OCH3 is 1. The van der Waals surface area contributed by atoms with Gasteiger partial charge in [0.2, 0.25) is 0 Å². The first-order valence-electron chi connectivity index (χ1n) is 13.4. The third-order valence-corrected chi connectivity index (χ3v) is 8.16. The molecule has 1 N–H and O–H groups in total. The summed E-state index contributed by atoms with van der Waals surface area (Å²) < 4.78 is 35.1. The van der Waals surface area contributed by atoms with Gasteiger partial charge in [0.1, 0.15) is 17.4 Å². The molecule has 0 saturated carbocycles. The van der Waals surface area contributed by atoms with E-state index >= 15 is 0 Å². The molecule has 196 valence electrons. The van der Waals surface area contributed by atoms with E-state index in [2.05, 4.69) is 45.2 Å². The molecule has 0 amide bonds. The van der Waals surface area contributed by atoms with Crippen LogP contribution in [0.25, 0.3) is 5.69 Å². The van der Waals surface area contributed by atoms with Gasteiger partial charge in [0.15, 0.2) is 0 Å². The van der Waals surface area contributed by atoms with E-state index in [1.54, 1.807) is 7.11 Å². The Bertz CT molecular complexity index is 1350. The van der Waals surface area contributed by atoms with Crippen LogP contribution in [-0.4, -0.2) is 36.2 Å². The lowest BCUT2D eigenvalue weighted by molar-refractivity contribution is 0.154. The average molecular weight is 514 g/mol. The number of rotatable bonds is 7. The van der Waals surface area contributed by atoms with Crippen molar-refractivity contribution in [3.63, 3.8) is 0 Å². The van der Waals surface area contributed by atoms with Crippen LogP contribution >= 0.6 is 0 Å². The van der Waals surface area contributed by atoms with E-state index in [1.165, 1.54) is 30.0 Å². The monoisotopic (exact) mass is 513 g/mol. The molecular formula is C32H33F2N3O. The molecule has 6 rings (SSSR count). The Morgan fingerprint density at radius 2 is 1.66 bits per heavy atom. The number of ether oxygens (including phenoxy) is 1. The maximum absolute atomic E-state index is 13.6. The second-order valence-electron chi connectivity index (χ2n) is 10.5. The van der Waals surface area contributed by atoms with Crippen molar-refractivity contribution in [1.29, 1.82) is 0 Å². The van der Waals surface area contributed by atoms with Crippen molar-refractivity contribution in [1.82, 2.24) is 9.47 Å². The number of halogens is 2. The standard InChI is InChI=1S/C32H33F2N3O/c1-38-27-15-16-30-29(21-27)35-32(31-6-3-20-37(30)31)17-4-19-36(22-32)18-2-5-28(23-7-11-25(33)12-8-23)24-9-13-26(34)14-10-24/h3,6-16,20-21,28,35H,2,4-5,17-19,22H2,1H3/t32-/m1/s1. The Labute approximate surface area is 222 Å². The van der Waals surface area contributed by atoms with E-state index in [-0.39, 0.29) is 23.1 Å². The number of aromatic nitrogens is 1. The third-order valence-electron chi connectivity index (χ3n) is 8.16. The number of nitrogens with zero attached hydrogens (tertiary/aromatic N) is 2. The van der Waals surface area contributed by atoms with E-state index < -0.39 is 0 Å². The molecule has 1 fully saturated rings. The van der Waals surface area contributed by atoms with Gasteiger partial charge < -0.3 is 19.5 Å². The van der Waals surface area contributed by atoms with Gasteiger partial charge in [-0.05, 0) is 98.4 Å². The predicted molar refractivity (Wildman–Crippen MR) is 147 cm³/mol. The van der Waals surface area contributed by atoms with Crippen LogP contribution in [0.4, 0.5) is 14.5 Å². The Balaban J connectivity index is 1.19. The summed E-state index contributed by atoms with van der Waals surface area (Å²) in [5.41, 5.74) is 5.51. The zero-order valence-electron chi connectivity index (χ0n) is 21.7. The highest BCUT2D eigenvalue weighted by atomic mass is 19.1. The van der Waals surface area contributed by atoms with Crippen LogP contribution in [0.3, 0.4) is 0 Å². The van der Waals surface area contributed by atoms with Gasteiger partial charge in [-0.15, -0.1) is 0 Å². The summed E-state index contributed by atoms with van der Waals surface area (Å²) >= 11 is 0. The van der Waals surface area contributed by atoms with Gasteiger partial charge in [-0.2, -0.15) is 0 Å². The molecule has 3 heterocycles. The van der Waals surface area contributed by atoms with Crippen LogP contribution in [0.1, 0.15) is 48.4 Å². The first kappa shape index (κ1) is 24.7. The average Bonchev–Trinajstić information content (AvgIpc) is 3.44. The maximum Gasteiger partial charge on any atom is 0.123 e. The first-order chi connectivity index (χ1) is 18.5. The van der Waals surface area contributed by atoms with Gasteiger partial charge >= 0.3 is 0 Å². The molecule has 1 atom stereocenters. The molecule has 1 aromatic heterocycles. The lowest BCUT2D eigenvalue weighted by Crippen LogP contribution is -2.53. The molecule has 4 nitrogen and oxygen atoms in total. The van der Waals surface area contributed by atoms with Crippen molar-refractivity contribution in [2.75, 3.05) is 32.1 Å². The fourth-order valence-corrected chi connectivity index (χ4v) is 6.34. The van der Waals surface area contributed by atoms with Gasteiger partial charge in [0.25, 0.3) is 0 Å². The second-order valence-corrected chi connectivity index (χ2v) is 10.5. The predicted octanol–water partition coefficient (Wildman–Crippen LogP) is 7.09. The van der Waals surface area contributed by atoms with E-state index in [0.717, 1.165) is 73.6 Å². The molecule has 4 aromatic rings. The summed E-state index contributed by atoms with van der Waals surface area (Å²) in [4.78, 5) is 2.56. The molecule has 0 radical (unpaired) electrons. The summed E-state index contributed by atoms with van der Waals surface area (Å²) in [6, 6.07) is 24.0. The Morgan fingerprint density at radius 3 is 2.34 bits per heavy atom. The number of piperidine rings is 1. The topological polar surface area (TPSA) is 29.4 Å². The summed E-state index contributed by atoms with van der Waals surface area (Å²) in [6.45, 7) is 2.95. The minimum Gasteiger partial charge on any atom is -0.497 e. The zero-order valence-corrected chi connectivity index (χ0v) is 21.7. The first-order valence-corrected chi connectivity index (χ1v) is 13.4. The molecule has 0 aliphatic carbocycles. The largest absolute Gasteiger partial charge is 0.497 e. The lowest BCUT2D eigenvalue weighted by Gasteiger charge is -2.47. The van der Waals surface area contributed by atoms with Gasteiger partial charge in [-0.3, -0.25) is 0 Å². The van der Waals surface area contributed by atoms with Crippen LogP contribution in [0.15, 0.2) is 85.1 Å². The number of anilines is 1. The Kier molecular flexibility index (Phi) is 6.66. The number of benzene rings is 3. The van der Waals surface area contributed by atoms with Crippen LogP contribution in [-0.2, 0) is 5.54 Å². The highest BCUT2D eigenvalue weighted by Crippen LogP contribution is 2.43. The normalized spacial score (nSPS) is 18.7. The molecule has 2 aliphatic heterocycles. The van der Waals surface area contributed by atoms with E-state index in [0.29, 0.717) is 0 Å². The minimum absolute atomic E-state index is 0.0966. The Hall–Kier alpha value is -3.64. The highest BCUT2D eigenvalue weighted by molar-refractivity contribution is 5.69. The minimum atomic E-state index is -0.242. The lowest BCUT2D eigenvalue weighted by atomic mass is 9.83. The number of fused-ring (bicyclic) bond motifs is 4. The summed E-state index contributed by atoms with van der Waals surface area (Å²) in [7, 11) is 1.70. The molecule has 0 unspecified atom stereocenters. The molecule has 0 bridgehead atoms. The smallest absolute Gasteiger partial charge is 0.123 e. The molecule has 1 saturated heterocycles. The number of nitrogens with one attached hydrogen (secondary N) is 1. The molecular weight excluding hydrogens is 480 g/mol. The van der Waals surface area contributed by atoms with Crippen molar-refractivity contribution >= 4 is 5.69 Å². The summed E-state index contributed by atoms with van der Waals surface area (Å²) in [6.07, 6.45) is 6.22. The van der Waals surface area contributed by atoms with Gasteiger partial charge in [0.05, 0.1) is 24.0 Å². The Morgan fingerprint density at radius 1 is 0.947 bits per heavy atom. The summed E-state index contributed by atoms with van der Waals surface area (Å²) in [5, 5.41) is 3.91. The quantitative estimate of drug-likeness (QED) is 0.286. The molecule has 1 spiro atoms. The van der Waals surface area contributed by atoms with E-state index in [1.807, 2.05) is 30.3 Å². The zero-order chi connectivity index (χ0) is 26.1. The summed E-state index contributed by atoms with van der Waals surface area (Å²) in [5.74, 6) is 0.463. The van der Waals surface area contributed by atoms with Crippen molar-refractivity contribution in [2.24, 2.45) is 0 Å². The molecule has 38 heavy (non-hydrogen) atoms. The molecule has 6 heteroatoms.